The molecule has 0 fully saturated rings. The van der Waals surface area contributed by atoms with Crippen molar-refractivity contribution in [2.45, 2.75) is 19.3 Å². The molecule has 0 N–H and O–H groups in total. The van der Waals surface area contributed by atoms with Crippen molar-refractivity contribution in [3.63, 3.8) is 0 Å². The molecule has 0 unspecified atom stereocenters. The van der Waals surface area contributed by atoms with Crippen LogP contribution >= 0.6 is 0 Å². The summed E-state index contributed by atoms with van der Waals surface area (Å²) in [5.41, 5.74) is 5.47. The third kappa shape index (κ3) is 3.82. The molecule has 3 aromatic rings. The second-order valence-corrected chi connectivity index (χ2v) is 5.32. The first kappa shape index (κ1) is 13.6. The van der Waals surface area contributed by atoms with E-state index in [-0.39, 0.29) is 0 Å². The molecule has 0 atom stereocenters. The molecule has 0 bridgehead atoms. The quantitative estimate of drug-likeness (QED) is 0.621. The zero-order valence-electron chi connectivity index (χ0n) is 12.1. The van der Waals surface area contributed by atoms with Gasteiger partial charge in [0.15, 0.2) is 0 Å². The maximum absolute atomic E-state index is 3.42. The molecular formula is C21H19. The van der Waals surface area contributed by atoms with Crippen molar-refractivity contribution in [2.75, 3.05) is 0 Å². The maximum Gasteiger partial charge on any atom is -0.00169 e. The number of hydrogen-bond donors (Lipinski definition) is 0. The van der Waals surface area contributed by atoms with Gasteiger partial charge in [-0.2, -0.15) is 0 Å². The van der Waals surface area contributed by atoms with Gasteiger partial charge in [0.1, 0.15) is 0 Å². The Labute approximate surface area is 127 Å². The number of aryl methyl sites for hydroxylation is 2. The molecule has 1 radical (unpaired) electrons. The summed E-state index contributed by atoms with van der Waals surface area (Å²) >= 11 is 0. The Morgan fingerprint density at radius 1 is 0.619 bits per heavy atom. The summed E-state index contributed by atoms with van der Waals surface area (Å²) in [7, 11) is 0. The maximum atomic E-state index is 3.42. The predicted octanol–water partition coefficient (Wildman–Crippen LogP) is 4.86. The third-order valence-electron chi connectivity index (χ3n) is 3.79. The van der Waals surface area contributed by atoms with Crippen LogP contribution in [0, 0.1) is 6.07 Å². The van der Waals surface area contributed by atoms with Crippen LogP contribution in [-0.2, 0) is 19.3 Å². The van der Waals surface area contributed by atoms with Gasteiger partial charge < -0.3 is 0 Å². The zero-order chi connectivity index (χ0) is 14.3. The minimum atomic E-state index is 0.964. The lowest BCUT2D eigenvalue weighted by Gasteiger charge is -2.09. The molecule has 21 heavy (non-hydrogen) atoms. The van der Waals surface area contributed by atoms with Gasteiger partial charge in [-0.3, -0.25) is 0 Å². The van der Waals surface area contributed by atoms with Crippen LogP contribution in [0.3, 0.4) is 0 Å². The third-order valence-corrected chi connectivity index (χ3v) is 3.79. The van der Waals surface area contributed by atoms with Gasteiger partial charge in [0.05, 0.1) is 0 Å². The van der Waals surface area contributed by atoms with E-state index in [9.17, 15) is 0 Å². The van der Waals surface area contributed by atoms with E-state index in [2.05, 4.69) is 78.9 Å². The van der Waals surface area contributed by atoms with Crippen molar-refractivity contribution in [2.24, 2.45) is 0 Å². The van der Waals surface area contributed by atoms with Gasteiger partial charge in [0.25, 0.3) is 0 Å². The average Bonchev–Trinajstić information content (AvgIpc) is 2.56. The lowest BCUT2D eigenvalue weighted by Crippen LogP contribution is -1.98. The number of benzene rings is 3. The Kier molecular flexibility index (Phi) is 4.48. The Morgan fingerprint density at radius 3 is 2.00 bits per heavy atom. The Bertz CT molecular complexity index is 669. The average molecular weight is 271 g/mol. The highest BCUT2D eigenvalue weighted by atomic mass is 14.1. The summed E-state index contributed by atoms with van der Waals surface area (Å²) in [6, 6.07) is 31.1. The van der Waals surface area contributed by atoms with Gasteiger partial charge in [0.2, 0.25) is 0 Å². The molecule has 0 aliphatic rings. The molecule has 0 saturated carbocycles. The smallest absolute Gasteiger partial charge is 0.00169 e. The van der Waals surface area contributed by atoms with E-state index in [0.29, 0.717) is 0 Å². The normalized spacial score (nSPS) is 10.5. The topological polar surface area (TPSA) is 0 Å². The van der Waals surface area contributed by atoms with E-state index in [1.165, 1.54) is 22.3 Å². The highest BCUT2D eigenvalue weighted by molar-refractivity contribution is 5.32. The van der Waals surface area contributed by atoms with Crippen molar-refractivity contribution in [3.05, 3.63) is 107 Å². The van der Waals surface area contributed by atoms with E-state index in [1.54, 1.807) is 0 Å². The highest BCUT2D eigenvalue weighted by Crippen LogP contribution is 2.16. The van der Waals surface area contributed by atoms with Crippen LogP contribution in [0.2, 0.25) is 0 Å². The fourth-order valence-corrected chi connectivity index (χ4v) is 2.63. The molecule has 0 heteroatoms. The van der Waals surface area contributed by atoms with Gasteiger partial charge in [-0.05, 0) is 47.6 Å². The summed E-state index contributed by atoms with van der Waals surface area (Å²) in [6.07, 6.45) is 3.12. The summed E-state index contributed by atoms with van der Waals surface area (Å²) in [5.74, 6) is 0. The van der Waals surface area contributed by atoms with Crippen LogP contribution < -0.4 is 0 Å². The van der Waals surface area contributed by atoms with Crippen molar-refractivity contribution in [1.29, 1.82) is 0 Å². The van der Waals surface area contributed by atoms with Crippen LogP contribution in [0.25, 0.3) is 0 Å². The first-order valence-corrected chi connectivity index (χ1v) is 7.48. The zero-order valence-corrected chi connectivity index (χ0v) is 12.1. The van der Waals surface area contributed by atoms with Crippen molar-refractivity contribution in [1.82, 2.24) is 0 Å². The van der Waals surface area contributed by atoms with Crippen LogP contribution in [0.15, 0.2) is 78.9 Å². The van der Waals surface area contributed by atoms with E-state index < -0.39 is 0 Å². The molecule has 0 amide bonds. The molecule has 0 aromatic heterocycles. The molecule has 0 heterocycles. The van der Waals surface area contributed by atoms with Gasteiger partial charge in [-0.15, -0.1) is 0 Å². The standard InChI is InChI=1S/C21H19/c1-3-9-18(10-4-1)15-16-20-13-7-8-14-21(20)17-19-11-5-2-6-12-19/h1-13H,15-17H2. The molecule has 0 saturated heterocycles. The number of rotatable bonds is 5. The second kappa shape index (κ2) is 6.90. The second-order valence-electron chi connectivity index (χ2n) is 5.32. The monoisotopic (exact) mass is 271 g/mol. The van der Waals surface area contributed by atoms with Crippen LogP contribution in [0.1, 0.15) is 22.3 Å². The van der Waals surface area contributed by atoms with Crippen LogP contribution in [0.5, 0.6) is 0 Å². The van der Waals surface area contributed by atoms with Gasteiger partial charge in [-0.25, -0.2) is 0 Å². The summed E-state index contributed by atoms with van der Waals surface area (Å²) in [6.45, 7) is 0. The van der Waals surface area contributed by atoms with E-state index in [1.807, 2.05) is 6.07 Å². The molecular weight excluding hydrogens is 252 g/mol. The molecule has 0 spiro atoms. The predicted molar refractivity (Wildman–Crippen MR) is 88.4 cm³/mol. The minimum absolute atomic E-state index is 0.964. The van der Waals surface area contributed by atoms with Gasteiger partial charge >= 0.3 is 0 Å². The molecule has 3 rings (SSSR count). The summed E-state index contributed by atoms with van der Waals surface area (Å²) < 4.78 is 0. The lowest BCUT2D eigenvalue weighted by molar-refractivity contribution is 0.936. The van der Waals surface area contributed by atoms with Gasteiger partial charge in [-0.1, -0.05) is 78.9 Å². The first-order valence-electron chi connectivity index (χ1n) is 7.48. The first-order chi connectivity index (χ1) is 10.4. The molecule has 103 valence electrons. The minimum Gasteiger partial charge on any atom is -0.0622 e. The Morgan fingerprint density at radius 2 is 1.29 bits per heavy atom. The Hall–Kier alpha value is -2.34. The van der Waals surface area contributed by atoms with E-state index in [4.69, 9.17) is 0 Å². The van der Waals surface area contributed by atoms with Gasteiger partial charge in [0, 0.05) is 0 Å². The van der Waals surface area contributed by atoms with Crippen molar-refractivity contribution in [3.8, 4) is 0 Å². The Balaban J connectivity index is 1.73. The van der Waals surface area contributed by atoms with E-state index in [0.717, 1.165) is 19.3 Å². The SMILES string of the molecule is [c]1cccc(CCc2ccccc2)c1Cc1ccccc1. The van der Waals surface area contributed by atoms with Crippen molar-refractivity contribution < 1.29 is 0 Å². The lowest BCUT2D eigenvalue weighted by atomic mass is 9.95. The molecule has 0 aliphatic carbocycles. The number of hydrogen-bond acceptors (Lipinski definition) is 0. The summed E-state index contributed by atoms with van der Waals surface area (Å²) in [5, 5.41) is 0. The fourth-order valence-electron chi connectivity index (χ4n) is 2.63. The highest BCUT2D eigenvalue weighted by Gasteiger charge is 2.04. The van der Waals surface area contributed by atoms with E-state index >= 15 is 0 Å². The fraction of sp³-hybridized carbons (Fsp3) is 0.143. The molecule has 3 aromatic carbocycles. The van der Waals surface area contributed by atoms with Crippen molar-refractivity contribution >= 4 is 0 Å². The molecule has 0 aliphatic heterocycles. The van der Waals surface area contributed by atoms with Crippen LogP contribution in [-0.4, -0.2) is 0 Å². The summed E-state index contributed by atoms with van der Waals surface area (Å²) in [4.78, 5) is 0. The molecule has 0 nitrogen and oxygen atoms in total. The largest absolute Gasteiger partial charge is 0.0622 e. The van der Waals surface area contributed by atoms with Crippen LogP contribution in [0.4, 0.5) is 0 Å².